The first-order valence-corrected chi connectivity index (χ1v) is 13.9. The summed E-state index contributed by atoms with van der Waals surface area (Å²) in [5, 5.41) is 2.84. The molecule has 0 aliphatic heterocycles. The Kier molecular flexibility index (Phi) is 9.63. The Morgan fingerprint density at radius 1 is 0.895 bits per heavy atom. The molecule has 1 N–H and O–H groups in total. The molecule has 0 radical (unpaired) electrons. The zero-order valence-corrected chi connectivity index (χ0v) is 22.9. The van der Waals surface area contributed by atoms with E-state index in [0.717, 1.165) is 4.31 Å². The van der Waals surface area contributed by atoms with Crippen molar-refractivity contribution in [2.75, 3.05) is 17.4 Å². The monoisotopic (exact) mass is 539 g/mol. The van der Waals surface area contributed by atoms with Gasteiger partial charge in [-0.1, -0.05) is 62.4 Å². The highest BCUT2D eigenvalue weighted by Crippen LogP contribution is 2.27. The van der Waals surface area contributed by atoms with E-state index in [-0.39, 0.29) is 23.3 Å². The fraction of sp³-hybridized carbons (Fsp3) is 0.310. The summed E-state index contributed by atoms with van der Waals surface area (Å²) in [4.78, 5) is 28.2. The summed E-state index contributed by atoms with van der Waals surface area (Å²) in [6, 6.07) is 19.5. The van der Waals surface area contributed by atoms with Crippen LogP contribution in [0.1, 0.15) is 31.9 Å². The quantitative estimate of drug-likeness (QED) is 0.388. The van der Waals surface area contributed by atoms with Gasteiger partial charge in [-0.25, -0.2) is 12.8 Å². The van der Waals surface area contributed by atoms with Crippen LogP contribution >= 0.6 is 0 Å². The molecule has 0 heterocycles. The maximum Gasteiger partial charge on any atom is 0.264 e. The number of nitrogens with zero attached hydrogens (tertiary/aromatic N) is 2. The van der Waals surface area contributed by atoms with Crippen molar-refractivity contribution in [3.8, 4) is 0 Å². The molecule has 3 aromatic rings. The van der Waals surface area contributed by atoms with Crippen LogP contribution in [0.5, 0.6) is 0 Å². The summed E-state index contributed by atoms with van der Waals surface area (Å²) in [5.41, 5.74) is 1.65. The zero-order chi connectivity index (χ0) is 27.9. The van der Waals surface area contributed by atoms with Crippen molar-refractivity contribution in [3.05, 3.63) is 95.8 Å². The zero-order valence-electron chi connectivity index (χ0n) is 22.1. The van der Waals surface area contributed by atoms with Crippen molar-refractivity contribution < 1.29 is 22.4 Å². The van der Waals surface area contributed by atoms with Gasteiger partial charge in [-0.3, -0.25) is 13.9 Å². The van der Waals surface area contributed by atoms with Crippen molar-refractivity contribution in [1.29, 1.82) is 0 Å². The molecule has 0 aliphatic carbocycles. The largest absolute Gasteiger partial charge is 0.354 e. The van der Waals surface area contributed by atoms with Crippen LogP contribution in [-0.4, -0.2) is 44.3 Å². The molecule has 0 aliphatic rings. The molecule has 0 spiro atoms. The molecule has 0 aromatic heterocycles. The Labute approximate surface area is 224 Å². The van der Waals surface area contributed by atoms with Crippen LogP contribution in [0.15, 0.2) is 83.8 Å². The van der Waals surface area contributed by atoms with E-state index in [2.05, 4.69) is 5.32 Å². The summed E-state index contributed by atoms with van der Waals surface area (Å²) in [5.74, 6) is -1.14. The maximum absolute atomic E-state index is 13.8. The number of hydrogen-bond acceptors (Lipinski definition) is 4. The Hall–Kier alpha value is -3.72. The van der Waals surface area contributed by atoms with Crippen molar-refractivity contribution in [3.63, 3.8) is 0 Å². The van der Waals surface area contributed by atoms with Gasteiger partial charge in [0.05, 0.1) is 10.6 Å². The van der Waals surface area contributed by atoms with E-state index in [9.17, 15) is 22.4 Å². The van der Waals surface area contributed by atoms with Crippen molar-refractivity contribution >= 4 is 27.5 Å². The topological polar surface area (TPSA) is 86.8 Å². The first-order valence-electron chi connectivity index (χ1n) is 12.5. The van der Waals surface area contributed by atoms with E-state index in [1.54, 1.807) is 56.3 Å². The van der Waals surface area contributed by atoms with Crippen LogP contribution in [0.25, 0.3) is 0 Å². The molecule has 0 saturated carbocycles. The Morgan fingerprint density at radius 2 is 1.50 bits per heavy atom. The number of nitrogens with one attached hydrogen (secondary N) is 1. The van der Waals surface area contributed by atoms with Crippen molar-refractivity contribution in [2.24, 2.45) is 5.92 Å². The molecule has 7 nitrogen and oxygen atoms in total. The van der Waals surface area contributed by atoms with Crippen LogP contribution < -0.4 is 9.62 Å². The normalized spacial score (nSPS) is 12.2. The van der Waals surface area contributed by atoms with Gasteiger partial charge in [0.2, 0.25) is 11.8 Å². The highest BCUT2D eigenvalue weighted by Gasteiger charge is 2.33. The molecule has 38 heavy (non-hydrogen) atoms. The van der Waals surface area contributed by atoms with E-state index >= 15 is 0 Å². The second kappa shape index (κ2) is 12.7. The first-order chi connectivity index (χ1) is 18.0. The second-order valence-corrected chi connectivity index (χ2v) is 11.4. The molecule has 0 fully saturated rings. The van der Waals surface area contributed by atoms with E-state index in [1.807, 2.05) is 13.8 Å². The summed E-state index contributed by atoms with van der Waals surface area (Å²) in [6.45, 7) is 7.20. The number of hydrogen-bond donors (Lipinski definition) is 1. The maximum atomic E-state index is 13.8. The lowest BCUT2D eigenvalue weighted by atomic mass is 10.1. The SMILES string of the molecule is Cc1ccccc1N(CC(=O)N(Cc1ccc(F)cc1)[C@@H](C)C(=O)NCC(C)C)S(=O)(=O)c1ccccc1. The number of carbonyl (C=O) groups excluding carboxylic acids is 2. The van der Waals surface area contributed by atoms with Gasteiger partial charge >= 0.3 is 0 Å². The average molecular weight is 540 g/mol. The number of rotatable bonds is 11. The van der Waals surface area contributed by atoms with Crippen LogP contribution in [0, 0.1) is 18.7 Å². The number of anilines is 1. The van der Waals surface area contributed by atoms with Gasteiger partial charge in [0.25, 0.3) is 10.0 Å². The minimum Gasteiger partial charge on any atom is -0.354 e. The minimum atomic E-state index is -4.12. The molecule has 3 aromatic carbocycles. The fourth-order valence-corrected chi connectivity index (χ4v) is 5.40. The molecule has 9 heteroatoms. The van der Waals surface area contributed by atoms with E-state index in [0.29, 0.717) is 23.4 Å². The summed E-state index contributed by atoms with van der Waals surface area (Å²) >= 11 is 0. The highest BCUT2D eigenvalue weighted by molar-refractivity contribution is 7.92. The first kappa shape index (κ1) is 28.8. The van der Waals surface area contributed by atoms with E-state index in [1.165, 1.54) is 41.3 Å². The predicted octanol–water partition coefficient (Wildman–Crippen LogP) is 4.52. The fourth-order valence-electron chi connectivity index (χ4n) is 3.90. The summed E-state index contributed by atoms with van der Waals surface area (Å²) in [7, 11) is -4.12. The van der Waals surface area contributed by atoms with Crippen molar-refractivity contribution in [1.82, 2.24) is 10.2 Å². The Morgan fingerprint density at radius 3 is 2.11 bits per heavy atom. The molecular weight excluding hydrogens is 505 g/mol. The number of benzene rings is 3. The van der Waals surface area contributed by atoms with Gasteiger partial charge in [0, 0.05) is 13.1 Å². The number of para-hydroxylation sites is 1. The number of aryl methyl sites for hydroxylation is 1. The number of carbonyl (C=O) groups is 2. The lowest BCUT2D eigenvalue weighted by Crippen LogP contribution is -2.51. The molecule has 3 rings (SSSR count). The van der Waals surface area contributed by atoms with Gasteiger partial charge in [0.1, 0.15) is 18.4 Å². The van der Waals surface area contributed by atoms with Gasteiger partial charge in [-0.2, -0.15) is 0 Å². The number of sulfonamides is 1. The van der Waals surface area contributed by atoms with Gasteiger partial charge in [0.15, 0.2) is 0 Å². The number of amides is 2. The van der Waals surface area contributed by atoms with Gasteiger partial charge < -0.3 is 10.2 Å². The molecule has 2 amide bonds. The van der Waals surface area contributed by atoms with E-state index < -0.39 is 34.3 Å². The summed E-state index contributed by atoms with van der Waals surface area (Å²) < 4.78 is 42.1. The summed E-state index contributed by atoms with van der Waals surface area (Å²) in [6.07, 6.45) is 0. The third-order valence-electron chi connectivity index (χ3n) is 6.11. The molecule has 202 valence electrons. The Bertz CT molecular complexity index is 1350. The molecule has 0 unspecified atom stereocenters. The molecule has 1 atom stereocenters. The predicted molar refractivity (Wildman–Crippen MR) is 146 cm³/mol. The molecule has 0 bridgehead atoms. The average Bonchev–Trinajstić information content (AvgIpc) is 2.90. The van der Waals surface area contributed by atoms with E-state index in [4.69, 9.17) is 0 Å². The van der Waals surface area contributed by atoms with Crippen molar-refractivity contribution in [2.45, 2.75) is 45.2 Å². The highest BCUT2D eigenvalue weighted by atomic mass is 32.2. The standard InChI is InChI=1S/C29H34FN3O4S/c1-21(2)18-31-29(35)23(4)32(19-24-14-16-25(30)17-15-24)28(34)20-33(27-13-9-8-10-22(27)3)38(36,37)26-11-6-5-7-12-26/h5-17,21,23H,18-20H2,1-4H3,(H,31,35)/t23-/m0/s1. The van der Waals surface area contributed by atoms with Gasteiger partial charge in [-0.15, -0.1) is 0 Å². The Balaban J connectivity index is 2.00. The van der Waals surface area contributed by atoms with Crippen LogP contribution in [0.2, 0.25) is 0 Å². The lowest BCUT2D eigenvalue weighted by Gasteiger charge is -2.32. The number of halogens is 1. The molecule has 0 saturated heterocycles. The van der Waals surface area contributed by atoms with Crippen LogP contribution in [0.3, 0.4) is 0 Å². The lowest BCUT2D eigenvalue weighted by molar-refractivity contribution is -0.139. The smallest absolute Gasteiger partial charge is 0.264 e. The second-order valence-electron chi connectivity index (χ2n) is 9.57. The third-order valence-corrected chi connectivity index (χ3v) is 7.89. The van der Waals surface area contributed by atoms with Gasteiger partial charge in [-0.05, 0) is 61.2 Å². The van der Waals surface area contributed by atoms with Crippen LogP contribution in [-0.2, 0) is 26.2 Å². The molecular formula is C29H34FN3O4S. The minimum absolute atomic E-state index is 0.00236. The third kappa shape index (κ3) is 7.19. The van der Waals surface area contributed by atoms with Crippen LogP contribution in [0.4, 0.5) is 10.1 Å².